The van der Waals surface area contributed by atoms with Crippen LogP contribution in [0.1, 0.15) is 12.8 Å². The third kappa shape index (κ3) is 2.52. The SMILES string of the molecule is FC(F)(F)[C@@H]1CCCN[C@@H]1C(F)(F)F. The molecule has 0 unspecified atom stereocenters. The quantitative estimate of drug-likeness (QED) is 0.619. The van der Waals surface area contributed by atoms with Gasteiger partial charge in [0, 0.05) is 0 Å². The normalized spacial score (nSPS) is 30.4. The van der Waals surface area contributed by atoms with Crippen LogP contribution in [0.4, 0.5) is 26.3 Å². The van der Waals surface area contributed by atoms with Crippen LogP contribution in [0.3, 0.4) is 0 Å². The molecule has 0 spiro atoms. The van der Waals surface area contributed by atoms with Gasteiger partial charge in [-0.1, -0.05) is 0 Å². The maximum Gasteiger partial charge on any atom is 0.404 e. The molecule has 1 aliphatic heterocycles. The van der Waals surface area contributed by atoms with Crippen molar-refractivity contribution in [2.45, 2.75) is 31.2 Å². The molecule has 0 saturated carbocycles. The summed E-state index contributed by atoms with van der Waals surface area (Å²) in [6, 6.07) is -2.45. The lowest BCUT2D eigenvalue weighted by Gasteiger charge is -2.34. The molecular formula is C7H9F6N. The Morgan fingerprint density at radius 1 is 0.929 bits per heavy atom. The first-order valence-electron chi connectivity index (χ1n) is 4.10. The van der Waals surface area contributed by atoms with E-state index in [1.54, 1.807) is 0 Å². The van der Waals surface area contributed by atoms with Gasteiger partial charge >= 0.3 is 12.4 Å². The first kappa shape index (κ1) is 11.6. The van der Waals surface area contributed by atoms with Gasteiger partial charge in [-0.2, -0.15) is 26.3 Å². The molecule has 1 N–H and O–H groups in total. The fourth-order valence-electron chi connectivity index (χ4n) is 1.58. The topological polar surface area (TPSA) is 12.0 Å². The smallest absolute Gasteiger partial charge is 0.306 e. The summed E-state index contributed by atoms with van der Waals surface area (Å²) in [7, 11) is 0. The van der Waals surface area contributed by atoms with Crippen molar-refractivity contribution in [1.29, 1.82) is 0 Å². The minimum atomic E-state index is -4.83. The second-order valence-corrected chi connectivity index (χ2v) is 3.26. The fraction of sp³-hybridized carbons (Fsp3) is 1.00. The van der Waals surface area contributed by atoms with Crippen molar-refractivity contribution in [2.24, 2.45) is 5.92 Å². The van der Waals surface area contributed by atoms with E-state index in [0.717, 1.165) is 0 Å². The van der Waals surface area contributed by atoms with Crippen LogP contribution in [0, 0.1) is 5.92 Å². The van der Waals surface area contributed by atoms with E-state index >= 15 is 0 Å². The maximum atomic E-state index is 12.2. The molecule has 0 amide bonds. The molecule has 0 aromatic carbocycles. The molecule has 84 valence electrons. The molecule has 2 atom stereocenters. The van der Waals surface area contributed by atoms with E-state index in [0.29, 0.717) is 0 Å². The molecule has 1 nitrogen and oxygen atoms in total. The third-order valence-corrected chi connectivity index (χ3v) is 2.23. The number of rotatable bonds is 0. The molecule has 0 aliphatic carbocycles. The van der Waals surface area contributed by atoms with E-state index in [-0.39, 0.29) is 13.0 Å². The monoisotopic (exact) mass is 221 g/mol. The highest BCUT2D eigenvalue weighted by atomic mass is 19.4. The van der Waals surface area contributed by atoms with Crippen molar-refractivity contribution >= 4 is 0 Å². The molecule has 0 bridgehead atoms. The summed E-state index contributed by atoms with van der Waals surface area (Å²) in [6.07, 6.45) is -9.95. The number of halogens is 6. The van der Waals surface area contributed by atoms with Gasteiger partial charge in [0.15, 0.2) is 0 Å². The Labute approximate surface area is 76.5 Å². The van der Waals surface area contributed by atoms with E-state index in [2.05, 4.69) is 0 Å². The Bertz CT molecular complexity index is 173. The minimum Gasteiger partial charge on any atom is -0.306 e. The zero-order chi connectivity index (χ0) is 11.0. The highest BCUT2D eigenvalue weighted by molar-refractivity contribution is 4.90. The van der Waals surface area contributed by atoms with Crippen molar-refractivity contribution in [3.8, 4) is 0 Å². The fourth-order valence-corrected chi connectivity index (χ4v) is 1.58. The Morgan fingerprint density at radius 3 is 1.86 bits per heavy atom. The van der Waals surface area contributed by atoms with Gasteiger partial charge in [0.1, 0.15) is 6.04 Å². The molecule has 0 aromatic rings. The van der Waals surface area contributed by atoms with E-state index in [1.807, 2.05) is 5.32 Å². The lowest BCUT2D eigenvalue weighted by molar-refractivity contribution is -0.242. The van der Waals surface area contributed by atoms with Crippen LogP contribution in [0.5, 0.6) is 0 Å². The molecule has 7 heteroatoms. The van der Waals surface area contributed by atoms with Crippen LogP contribution in [0.25, 0.3) is 0 Å². The molecule has 1 heterocycles. The number of piperidine rings is 1. The lowest BCUT2D eigenvalue weighted by Crippen LogP contribution is -2.55. The Kier molecular flexibility index (Phi) is 2.99. The predicted molar refractivity (Wildman–Crippen MR) is 36.6 cm³/mol. The van der Waals surface area contributed by atoms with Crippen LogP contribution in [-0.2, 0) is 0 Å². The number of hydrogen-bond donors (Lipinski definition) is 1. The first-order chi connectivity index (χ1) is 6.23. The summed E-state index contributed by atoms with van der Waals surface area (Å²) in [6.45, 7) is -0.0171. The highest BCUT2D eigenvalue weighted by Gasteiger charge is 2.55. The number of nitrogens with one attached hydrogen (secondary N) is 1. The van der Waals surface area contributed by atoms with Crippen molar-refractivity contribution in [3.63, 3.8) is 0 Å². The third-order valence-electron chi connectivity index (χ3n) is 2.23. The first-order valence-corrected chi connectivity index (χ1v) is 4.10. The summed E-state index contributed by atoms with van der Waals surface area (Å²) in [5.41, 5.74) is 0. The Hall–Kier alpha value is -0.460. The summed E-state index contributed by atoms with van der Waals surface area (Å²) in [4.78, 5) is 0. The maximum absolute atomic E-state index is 12.2. The lowest BCUT2D eigenvalue weighted by atomic mass is 9.90. The van der Waals surface area contributed by atoms with Gasteiger partial charge in [-0.15, -0.1) is 0 Å². The number of alkyl halides is 6. The summed E-state index contributed by atoms with van der Waals surface area (Å²) >= 11 is 0. The molecular weight excluding hydrogens is 212 g/mol. The molecule has 1 aliphatic rings. The van der Waals surface area contributed by atoms with Gasteiger partial charge < -0.3 is 5.32 Å². The van der Waals surface area contributed by atoms with Crippen molar-refractivity contribution in [1.82, 2.24) is 5.32 Å². The Morgan fingerprint density at radius 2 is 1.50 bits per heavy atom. The zero-order valence-electron chi connectivity index (χ0n) is 7.04. The van der Waals surface area contributed by atoms with Crippen LogP contribution >= 0.6 is 0 Å². The van der Waals surface area contributed by atoms with Gasteiger partial charge in [-0.3, -0.25) is 0 Å². The van der Waals surface area contributed by atoms with E-state index in [9.17, 15) is 26.3 Å². The number of hydrogen-bond acceptors (Lipinski definition) is 1. The largest absolute Gasteiger partial charge is 0.404 e. The van der Waals surface area contributed by atoms with Crippen LogP contribution in [-0.4, -0.2) is 24.9 Å². The van der Waals surface area contributed by atoms with Crippen LogP contribution in [0.15, 0.2) is 0 Å². The molecule has 1 rings (SSSR count). The minimum absolute atomic E-state index is 0.0171. The van der Waals surface area contributed by atoms with Gasteiger partial charge in [-0.05, 0) is 19.4 Å². The van der Waals surface area contributed by atoms with Crippen LogP contribution in [0.2, 0.25) is 0 Å². The summed E-state index contributed by atoms with van der Waals surface area (Å²) in [5.74, 6) is -2.31. The van der Waals surface area contributed by atoms with Gasteiger partial charge in [-0.25, -0.2) is 0 Å². The van der Waals surface area contributed by atoms with Gasteiger partial charge in [0.05, 0.1) is 5.92 Å². The van der Waals surface area contributed by atoms with E-state index < -0.39 is 30.7 Å². The molecule has 0 radical (unpaired) electrons. The van der Waals surface area contributed by atoms with Crippen molar-refractivity contribution in [2.75, 3.05) is 6.54 Å². The van der Waals surface area contributed by atoms with Crippen molar-refractivity contribution in [3.05, 3.63) is 0 Å². The predicted octanol–water partition coefficient (Wildman–Crippen LogP) is 2.48. The van der Waals surface area contributed by atoms with Gasteiger partial charge in [0.2, 0.25) is 0 Å². The average molecular weight is 221 g/mol. The van der Waals surface area contributed by atoms with E-state index in [1.165, 1.54) is 0 Å². The van der Waals surface area contributed by atoms with E-state index in [4.69, 9.17) is 0 Å². The molecule has 1 fully saturated rings. The second-order valence-electron chi connectivity index (χ2n) is 3.26. The Balaban J connectivity index is 2.80. The van der Waals surface area contributed by atoms with Crippen molar-refractivity contribution < 1.29 is 26.3 Å². The zero-order valence-corrected chi connectivity index (χ0v) is 7.04. The second kappa shape index (κ2) is 3.60. The molecule has 0 aromatic heterocycles. The van der Waals surface area contributed by atoms with Gasteiger partial charge in [0.25, 0.3) is 0 Å². The highest BCUT2D eigenvalue weighted by Crippen LogP contribution is 2.40. The summed E-state index contributed by atoms with van der Waals surface area (Å²) in [5, 5.41) is 1.87. The molecule has 14 heavy (non-hydrogen) atoms. The average Bonchev–Trinajstić information content (AvgIpc) is 2.01. The van der Waals surface area contributed by atoms with Crippen LogP contribution < -0.4 is 5.32 Å². The summed E-state index contributed by atoms with van der Waals surface area (Å²) < 4.78 is 73.0. The molecule has 1 saturated heterocycles. The standard InChI is InChI=1S/C7H9F6N/c8-6(9,10)4-2-1-3-14-5(4)7(11,12)13/h4-5,14H,1-3H2/t4-,5+/m1/s1.